The average Bonchev–Trinajstić information content (AvgIpc) is 2.35. The third-order valence-electron chi connectivity index (χ3n) is 4.17. The van der Waals surface area contributed by atoms with E-state index in [2.05, 4.69) is 4.90 Å². The molecular weight excluding hydrogens is 271 g/mol. The molecule has 1 saturated carbocycles. The number of nitrogens with zero attached hydrogens (tertiary/aromatic N) is 1. The minimum absolute atomic E-state index is 0.0213. The highest BCUT2D eigenvalue weighted by atomic mass is 35.5. The maximum absolute atomic E-state index is 12.3. The number of likely N-dealkylation sites (tertiary alicyclic amines) is 1. The summed E-state index contributed by atoms with van der Waals surface area (Å²) in [7, 11) is 0. The minimum atomic E-state index is -0.0654. The summed E-state index contributed by atoms with van der Waals surface area (Å²) in [6.45, 7) is 1.43. The predicted molar refractivity (Wildman–Crippen MR) is 75.0 cm³/mol. The van der Waals surface area contributed by atoms with Crippen LogP contribution in [0.2, 0.25) is 0 Å². The van der Waals surface area contributed by atoms with Gasteiger partial charge in [0.2, 0.25) is 0 Å². The van der Waals surface area contributed by atoms with Gasteiger partial charge in [0.05, 0.1) is 18.1 Å². The van der Waals surface area contributed by atoms with Gasteiger partial charge in [-0.3, -0.25) is 9.69 Å². The van der Waals surface area contributed by atoms with Gasteiger partial charge in [0, 0.05) is 17.8 Å². The molecule has 1 aliphatic heterocycles. The van der Waals surface area contributed by atoms with E-state index in [1.54, 1.807) is 0 Å². The fraction of sp³-hybridized carbons (Fsp3) is 0.923. The zero-order chi connectivity index (χ0) is 13.1. The smallest absolute Gasteiger partial charge is 0.150 e. The Balaban J connectivity index is 1.84. The highest BCUT2D eigenvalue weighted by Crippen LogP contribution is 2.32. The largest absolute Gasteiger partial charge is 0.316 e. The lowest BCUT2D eigenvalue weighted by molar-refractivity contribution is -0.125. The molecule has 18 heavy (non-hydrogen) atoms. The van der Waals surface area contributed by atoms with E-state index in [0.29, 0.717) is 12.3 Å². The van der Waals surface area contributed by atoms with Gasteiger partial charge in [-0.1, -0.05) is 0 Å². The SMILES string of the molecule is NC1CCCCN1CC(=O)C1CCC(Cl)C(Cl)C1. The lowest BCUT2D eigenvalue weighted by Crippen LogP contribution is -2.49. The lowest BCUT2D eigenvalue weighted by Gasteiger charge is -2.34. The van der Waals surface area contributed by atoms with Gasteiger partial charge in [0.15, 0.2) is 0 Å². The molecule has 104 valence electrons. The standard InChI is InChI=1S/C13H22Cl2N2O/c14-10-5-4-9(7-11(10)15)12(18)8-17-6-2-1-3-13(17)16/h9-11,13H,1-8,16H2. The second-order valence-electron chi connectivity index (χ2n) is 5.54. The summed E-state index contributed by atoms with van der Waals surface area (Å²) in [4.78, 5) is 14.4. The van der Waals surface area contributed by atoms with Crippen LogP contribution in [0.1, 0.15) is 38.5 Å². The second-order valence-corrected chi connectivity index (χ2v) is 6.66. The van der Waals surface area contributed by atoms with Gasteiger partial charge in [-0.25, -0.2) is 0 Å². The molecule has 1 saturated heterocycles. The van der Waals surface area contributed by atoms with Gasteiger partial charge in [-0.05, 0) is 38.5 Å². The van der Waals surface area contributed by atoms with Crippen molar-refractivity contribution in [2.45, 2.75) is 55.4 Å². The lowest BCUT2D eigenvalue weighted by atomic mass is 9.85. The van der Waals surface area contributed by atoms with Crippen molar-refractivity contribution in [3.8, 4) is 0 Å². The molecule has 3 nitrogen and oxygen atoms in total. The highest BCUT2D eigenvalue weighted by molar-refractivity contribution is 6.30. The van der Waals surface area contributed by atoms with E-state index in [9.17, 15) is 4.79 Å². The molecule has 2 fully saturated rings. The molecule has 0 bridgehead atoms. The fourth-order valence-electron chi connectivity index (χ4n) is 2.91. The maximum atomic E-state index is 12.3. The van der Waals surface area contributed by atoms with Crippen LogP contribution in [0.4, 0.5) is 0 Å². The van der Waals surface area contributed by atoms with Crippen LogP contribution in [-0.2, 0) is 4.79 Å². The number of carbonyl (C=O) groups excluding carboxylic acids is 1. The molecule has 0 spiro atoms. The average molecular weight is 293 g/mol. The van der Waals surface area contributed by atoms with Gasteiger partial charge in [0.25, 0.3) is 0 Å². The Hall–Kier alpha value is 0.170. The third-order valence-corrected chi connectivity index (χ3v) is 5.31. The molecule has 0 radical (unpaired) electrons. The number of ketones is 1. The van der Waals surface area contributed by atoms with Crippen LogP contribution >= 0.6 is 23.2 Å². The number of nitrogens with two attached hydrogens (primary N) is 1. The summed E-state index contributed by atoms with van der Waals surface area (Å²) < 4.78 is 0. The normalized spacial score (nSPS) is 38.6. The van der Waals surface area contributed by atoms with E-state index >= 15 is 0 Å². The van der Waals surface area contributed by atoms with E-state index in [4.69, 9.17) is 28.9 Å². The monoisotopic (exact) mass is 292 g/mol. The van der Waals surface area contributed by atoms with E-state index in [-0.39, 0.29) is 22.8 Å². The van der Waals surface area contributed by atoms with Gasteiger partial charge >= 0.3 is 0 Å². The van der Waals surface area contributed by atoms with Crippen molar-refractivity contribution in [1.82, 2.24) is 4.90 Å². The Bertz CT molecular complexity index is 301. The molecule has 5 heteroatoms. The quantitative estimate of drug-likeness (QED) is 0.812. The van der Waals surface area contributed by atoms with Crippen molar-refractivity contribution in [1.29, 1.82) is 0 Å². The summed E-state index contributed by atoms with van der Waals surface area (Å²) in [5.74, 6) is 0.373. The molecule has 4 atom stereocenters. The first-order valence-corrected chi connectivity index (χ1v) is 7.75. The zero-order valence-corrected chi connectivity index (χ0v) is 12.2. The molecule has 2 aliphatic rings. The molecular formula is C13H22Cl2N2O. The molecule has 0 aromatic carbocycles. The number of piperidine rings is 1. The summed E-state index contributed by atoms with van der Waals surface area (Å²) in [6.07, 6.45) is 5.81. The first kappa shape index (κ1) is 14.6. The molecule has 0 aromatic heterocycles. The number of halogens is 2. The zero-order valence-electron chi connectivity index (χ0n) is 10.7. The Labute approximate surface area is 119 Å². The number of hydrogen-bond donors (Lipinski definition) is 1. The van der Waals surface area contributed by atoms with Crippen molar-refractivity contribution in [3.63, 3.8) is 0 Å². The van der Waals surface area contributed by atoms with Crippen LogP contribution in [0.5, 0.6) is 0 Å². The number of alkyl halides is 2. The molecule has 1 aliphatic carbocycles. The topological polar surface area (TPSA) is 46.3 Å². The Morgan fingerprint density at radius 1 is 1.17 bits per heavy atom. The van der Waals surface area contributed by atoms with Gasteiger partial charge < -0.3 is 5.73 Å². The van der Waals surface area contributed by atoms with Crippen molar-refractivity contribution >= 4 is 29.0 Å². The van der Waals surface area contributed by atoms with Crippen molar-refractivity contribution in [2.75, 3.05) is 13.1 Å². The molecule has 2 N–H and O–H groups in total. The molecule has 1 heterocycles. The highest BCUT2D eigenvalue weighted by Gasteiger charge is 2.33. The van der Waals surface area contributed by atoms with E-state index in [1.165, 1.54) is 6.42 Å². The Morgan fingerprint density at radius 3 is 2.61 bits per heavy atom. The van der Waals surface area contributed by atoms with E-state index in [0.717, 1.165) is 38.6 Å². The van der Waals surface area contributed by atoms with Crippen LogP contribution in [-0.4, -0.2) is 40.7 Å². The van der Waals surface area contributed by atoms with Crippen LogP contribution in [0.3, 0.4) is 0 Å². The van der Waals surface area contributed by atoms with Crippen molar-refractivity contribution in [3.05, 3.63) is 0 Å². The summed E-state index contributed by atoms with van der Waals surface area (Å²) in [5, 5.41) is -0.0441. The van der Waals surface area contributed by atoms with Gasteiger partial charge in [0.1, 0.15) is 5.78 Å². The number of Topliss-reactive ketones (excluding diaryl/α,β-unsaturated/α-hetero) is 1. The van der Waals surface area contributed by atoms with Crippen LogP contribution < -0.4 is 5.73 Å². The minimum Gasteiger partial charge on any atom is -0.316 e. The third kappa shape index (κ3) is 3.60. The number of hydrogen-bond acceptors (Lipinski definition) is 3. The predicted octanol–water partition coefficient (Wildman–Crippen LogP) is 2.34. The van der Waals surface area contributed by atoms with E-state index < -0.39 is 0 Å². The van der Waals surface area contributed by atoms with Gasteiger partial charge in [-0.15, -0.1) is 23.2 Å². The number of carbonyl (C=O) groups is 1. The summed E-state index contributed by atoms with van der Waals surface area (Å²) in [6, 6.07) is 0. The maximum Gasteiger partial charge on any atom is 0.150 e. The first-order chi connectivity index (χ1) is 8.58. The summed E-state index contributed by atoms with van der Waals surface area (Å²) in [5.41, 5.74) is 6.03. The second kappa shape index (κ2) is 6.56. The Morgan fingerprint density at radius 2 is 1.94 bits per heavy atom. The van der Waals surface area contributed by atoms with Crippen LogP contribution in [0.25, 0.3) is 0 Å². The Kier molecular flexibility index (Phi) is 5.31. The molecule has 4 unspecified atom stereocenters. The number of rotatable bonds is 3. The first-order valence-electron chi connectivity index (χ1n) is 6.88. The fourth-order valence-corrected chi connectivity index (χ4v) is 3.48. The summed E-state index contributed by atoms with van der Waals surface area (Å²) >= 11 is 12.2. The van der Waals surface area contributed by atoms with Crippen molar-refractivity contribution in [2.24, 2.45) is 11.7 Å². The molecule has 0 aromatic rings. The molecule has 0 amide bonds. The molecule has 2 rings (SSSR count). The van der Waals surface area contributed by atoms with Crippen LogP contribution in [0.15, 0.2) is 0 Å². The van der Waals surface area contributed by atoms with Crippen LogP contribution in [0, 0.1) is 5.92 Å². The van der Waals surface area contributed by atoms with Gasteiger partial charge in [-0.2, -0.15) is 0 Å². The van der Waals surface area contributed by atoms with E-state index in [1.807, 2.05) is 0 Å². The van der Waals surface area contributed by atoms with Crippen molar-refractivity contribution < 1.29 is 4.79 Å².